The van der Waals surface area contributed by atoms with Gasteiger partial charge in [0.25, 0.3) is 0 Å². The summed E-state index contributed by atoms with van der Waals surface area (Å²) in [4.78, 5) is 21.7. The molecule has 0 radical (unpaired) electrons. The molecule has 2 heterocycles. The Bertz CT molecular complexity index is 717. The number of hydrogen-bond acceptors (Lipinski definition) is 5. The average Bonchev–Trinajstić information content (AvgIpc) is 2.67. The van der Waals surface area contributed by atoms with Crippen LogP contribution >= 0.6 is 12.4 Å². The zero-order valence-electron chi connectivity index (χ0n) is 15.2. The molecule has 146 valence electrons. The van der Waals surface area contributed by atoms with Gasteiger partial charge in [-0.2, -0.15) is 0 Å². The molecule has 2 aromatic rings. The van der Waals surface area contributed by atoms with Crippen LogP contribution in [0.1, 0.15) is 17.5 Å². The Morgan fingerprint density at radius 3 is 2.67 bits per heavy atom. The van der Waals surface area contributed by atoms with E-state index in [-0.39, 0.29) is 31.5 Å². The van der Waals surface area contributed by atoms with Crippen LogP contribution in [0.15, 0.2) is 42.7 Å². The van der Waals surface area contributed by atoms with Crippen LogP contribution < -0.4 is 5.32 Å². The molecule has 1 N–H and O–H groups in total. The van der Waals surface area contributed by atoms with E-state index in [0.717, 1.165) is 11.1 Å². The van der Waals surface area contributed by atoms with E-state index in [0.29, 0.717) is 25.5 Å². The zero-order chi connectivity index (χ0) is 18.4. The van der Waals surface area contributed by atoms with Gasteiger partial charge in [-0.3, -0.25) is 0 Å². The highest BCUT2D eigenvalue weighted by Crippen LogP contribution is 2.22. The number of alkyl halides is 1. The van der Waals surface area contributed by atoms with Gasteiger partial charge in [-0.1, -0.05) is 29.8 Å². The summed E-state index contributed by atoms with van der Waals surface area (Å²) in [5.41, 5.74) is 2.07. The molecular weight excluding hydrogens is 371 g/mol. The highest BCUT2D eigenvalue weighted by atomic mass is 35.5. The summed E-state index contributed by atoms with van der Waals surface area (Å²) in [6, 6.07) is 9.50. The number of carbonyl (C=O) groups is 1. The molecule has 1 aliphatic rings. The maximum absolute atomic E-state index is 14.4. The van der Waals surface area contributed by atoms with Crippen LogP contribution in [-0.4, -0.2) is 46.8 Å². The normalized spacial score (nSPS) is 19.1. The van der Waals surface area contributed by atoms with Gasteiger partial charge >= 0.3 is 6.09 Å². The monoisotopic (exact) mass is 394 g/mol. The number of halogens is 2. The van der Waals surface area contributed by atoms with E-state index in [9.17, 15) is 9.18 Å². The van der Waals surface area contributed by atoms with Gasteiger partial charge in [0, 0.05) is 31.4 Å². The summed E-state index contributed by atoms with van der Waals surface area (Å²) < 4.78 is 19.7. The van der Waals surface area contributed by atoms with Crippen molar-refractivity contribution in [2.24, 2.45) is 5.92 Å². The van der Waals surface area contributed by atoms with Gasteiger partial charge < -0.3 is 15.0 Å². The highest BCUT2D eigenvalue weighted by molar-refractivity contribution is 5.85. The van der Waals surface area contributed by atoms with Crippen LogP contribution in [0, 0.1) is 12.8 Å². The number of likely N-dealkylation sites (tertiary alicyclic amines) is 1. The third kappa shape index (κ3) is 6.06. The quantitative estimate of drug-likeness (QED) is 0.838. The van der Waals surface area contributed by atoms with Crippen molar-refractivity contribution in [3.05, 3.63) is 53.9 Å². The van der Waals surface area contributed by atoms with Gasteiger partial charge in [-0.15, -0.1) is 12.4 Å². The first kappa shape index (κ1) is 20.9. The Balaban J connectivity index is 0.00000261. The number of benzene rings is 1. The van der Waals surface area contributed by atoms with Crippen LogP contribution in [0.4, 0.5) is 15.1 Å². The SMILES string of the molecule is Cc1ccc(COC(=O)N2CCC(CNc3ncccn3)C(F)C2)cc1.Cl. The molecule has 27 heavy (non-hydrogen) atoms. The van der Waals surface area contributed by atoms with Crippen molar-refractivity contribution in [1.82, 2.24) is 14.9 Å². The predicted molar refractivity (Wildman–Crippen MR) is 104 cm³/mol. The summed E-state index contributed by atoms with van der Waals surface area (Å²) in [7, 11) is 0. The van der Waals surface area contributed by atoms with Gasteiger partial charge in [-0.05, 0) is 25.0 Å². The molecule has 2 atom stereocenters. The molecule has 2 unspecified atom stereocenters. The van der Waals surface area contributed by atoms with E-state index in [2.05, 4.69) is 15.3 Å². The number of nitrogens with zero attached hydrogens (tertiary/aromatic N) is 3. The molecule has 8 heteroatoms. The van der Waals surface area contributed by atoms with Crippen molar-refractivity contribution in [3.63, 3.8) is 0 Å². The van der Waals surface area contributed by atoms with Gasteiger partial charge in [0.15, 0.2) is 0 Å². The number of aryl methyl sites for hydroxylation is 1. The second-order valence-corrected chi connectivity index (χ2v) is 6.50. The summed E-state index contributed by atoms with van der Waals surface area (Å²) in [5.74, 6) is 0.305. The predicted octanol–water partition coefficient (Wildman–Crippen LogP) is 3.62. The summed E-state index contributed by atoms with van der Waals surface area (Å²) >= 11 is 0. The standard InChI is InChI=1S/C19H23FN4O2.ClH/c1-14-3-5-15(6-4-14)13-26-19(25)24-10-7-16(17(20)12-24)11-23-18-21-8-2-9-22-18;/h2-6,8-9,16-17H,7,10-13H2,1H3,(H,21,22,23);1H. The second kappa shape index (κ2) is 10.1. The minimum Gasteiger partial charge on any atom is -0.445 e. The maximum atomic E-state index is 14.4. The van der Waals surface area contributed by atoms with Gasteiger partial charge in [-0.25, -0.2) is 19.2 Å². The number of anilines is 1. The molecule has 0 saturated carbocycles. The Morgan fingerprint density at radius 2 is 2.00 bits per heavy atom. The number of ether oxygens (including phenoxy) is 1. The van der Waals surface area contributed by atoms with Crippen molar-refractivity contribution in [1.29, 1.82) is 0 Å². The second-order valence-electron chi connectivity index (χ2n) is 6.50. The first-order chi connectivity index (χ1) is 12.6. The number of hydrogen-bond donors (Lipinski definition) is 1. The van der Waals surface area contributed by atoms with E-state index < -0.39 is 12.3 Å². The van der Waals surface area contributed by atoms with E-state index in [4.69, 9.17) is 4.74 Å². The molecule has 1 aromatic carbocycles. The van der Waals surface area contributed by atoms with Crippen molar-refractivity contribution >= 4 is 24.4 Å². The van der Waals surface area contributed by atoms with E-state index in [1.807, 2.05) is 31.2 Å². The van der Waals surface area contributed by atoms with Crippen molar-refractivity contribution < 1.29 is 13.9 Å². The number of carbonyl (C=O) groups excluding carboxylic acids is 1. The first-order valence-electron chi connectivity index (χ1n) is 8.74. The third-order valence-electron chi connectivity index (χ3n) is 4.51. The molecule has 6 nitrogen and oxygen atoms in total. The molecule has 3 rings (SSSR count). The van der Waals surface area contributed by atoms with Crippen LogP contribution in [0.2, 0.25) is 0 Å². The fourth-order valence-electron chi connectivity index (χ4n) is 2.88. The van der Waals surface area contributed by atoms with Gasteiger partial charge in [0.2, 0.25) is 5.95 Å². The molecule has 1 aliphatic heterocycles. The Hall–Kier alpha value is -2.41. The van der Waals surface area contributed by atoms with Crippen LogP contribution in [0.3, 0.4) is 0 Å². The number of piperidine rings is 1. The first-order valence-corrected chi connectivity index (χ1v) is 8.74. The number of nitrogens with one attached hydrogen (secondary N) is 1. The minimum atomic E-state index is -1.10. The van der Waals surface area contributed by atoms with E-state index in [1.165, 1.54) is 4.90 Å². The molecule has 1 fully saturated rings. The largest absolute Gasteiger partial charge is 0.445 e. The van der Waals surface area contributed by atoms with Crippen molar-refractivity contribution in [2.45, 2.75) is 26.1 Å². The Kier molecular flexibility index (Phi) is 7.79. The van der Waals surface area contributed by atoms with E-state index >= 15 is 0 Å². The lowest BCUT2D eigenvalue weighted by molar-refractivity contribution is 0.0544. The molecule has 1 aromatic heterocycles. The van der Waals surface area contributed by atoms with Gasteiger partial charge in [0.1, 0.15) is 12.8 Å². The Morgan fingerprint density at radius 1 is 1.30 bits per heavy atom. The van der Waals surface area contributed by atoms with E-state index in [1.54, 1.807) is 18.5 Å². The lowest BCUT2D eigenvalue weighted by Gasteiger charge is -2.34. The summed E-state index contributed by atoms with van der Waals surface area (Å²) in [5, 5.41) is 3.04. The summed E-state index contributed by atoms with van der Waals surface area (Å²) in [6.07, 6.45) is 2.27. The lowest BCUT2D eigenvalue weighted by atomic mass is 9.95. The smallest absolute Gasteiger partial charge is 0.410 e. The highest BCUT2D eigenvalue weighted by Gasteiger charge is 2.32. The molecular formula is C19H24ClFN4O2. The average molecular weight is 395 g/mol. The van der Waals surface area contributed by atoms with Crippen molar-refractivity contribution in [2.75, 3.05) is 25.0 Å². The fraction of sp³-hybridized carbons (Fsp3) is 0.421. The molecule has 0 bridgehead atoms. The maximum Gasteiger partial charge on any atom is 0.410 e. The van der Waals surface area contributed by atoms with Crippen molar-refractivity contribution in [3.8, 4) is 0 Å². The number of aromatic nitrogens is 2. The topological polar surface area (TPSA) is 67.3 Å². The molecule has 0 spiro atoms. The fourth-order valence-corrected chi connectivity index (χ4v) is 2.88. The number of rotatable bonds is 5. The van der Waals surface area contributed by atoms with Gasteiger partial charge in [0.05, 0.1) is 6.54 Å². The Labute approximate surface area is 164 Å². The van der Waals surface area contributed by atoms with Crippen LogP contribution in [0.25, 0.3) is 0 Å². The zero-order valence-corrected chi connectivity index (χ0v) is 16.0. The summed E-state index contributed by atoms with van der Waals surface area (Å²) in [6.45, 7) is 3.17. The third-order valence-corrected chi connectivity index (χ3v) is 4.51. The molecule has 0 aliphatic carbocycles. The van der Waals surface area contributed by atoms with Crippen LogP contribution in [-0.2, 0) is 11.3 Å². The minimum absolute atomic E-state index is 0. The van der Waals surface area contributed by atoms with Crippen LogP contribution in [0.5, 0.6) is 0 Å². The molecule has 1 saturated heterocycles. The number of amides is 1. The molecule has 1 amide bonds. The lowest BCUT2D eigenvalue weighted by Crippen LogP contribution is -2.46.